The summed E-state index contributed by atoms with van der Waals surface area (Å²) >= 11 is 1.25. The van der Waals surface area contributed by atoms with Crippen LogP contribution in [-0.4, -0.2) is 29.3 Å². The van der Waals surface area contributed by atoms with Crippen molar-refractivity contribution in [3.05, 3.63) is 28.7 Å². The van der Waals surface area contributed by atoms with E-state index in [1.54, 1.807) is 12.4 Å². The summed E-state index contributed by atoms with van der Waals surface area (Å²) in [5.41, 5.74) is 0.535. The van der Waals surface area contributed by atoms with Crippen LogP contribution in [0, 0.1) is 0 Å². The van der Waals surface area contributed by atoms with Crippen molar-refractivity contribution in [2.24, 2.45) is 7.05 Å². The highest BCUT2D eigenvalue weighted by atomic mass is 32.2. The summed E-state index contributed by atoms with van der Waals surface area (Å²) in [6.07, 6.45) is 1.32. The fourth-order valence-corrected chi connectivity index (χ4v) is 3.30. The Bertz CT molecular complexity index is 645. The van der Waals surface area contributed by atoms with Crippen LogP contribution < -0.4 is 4.72 Å². The van der Waals surface area contributed by atoms with Crippen LogP contribution in [0.25, 0.3) is 0 Å². The highest BCUT2D eigenvalue weighted by molar-refractivity contribution is 7.90. The van der Waals surface area contributed by atoms with E-state index in [9.17, 15) is 13.2 Å². The molecule has 0 unspecified atom stereocenters. The van der Waals surface area contributed by atoms with Crippen molar-refractivity contribution in [3.63, 3.8) is 0 Å². The number of rotatable bonds is 4. The number of aryl methyl sites for hydroxylation is 1. The van der Waals surface area contributed by atoms with Gasteiger partial charge in [-0.05, 0) is 11.4 Å². The minimum absolute atomic E-state index is 0.0870. The summed E-state index contributed by atoms with van der Waals surface area (Å²) in [6.45, 7) is 0. The van der Waals surface area contributed by atoms with Gasteiger partial charge in [-0.25, -0.2) is 13.1 Å². The van der Waals surface area contributed by atoms with Gasteiger partial charge in [0.1, 0.15) is 0 Å². The van der Waals surface area contributed by atoms with E-state index in [0.717, 1.165) is 0 Å². The largest absolute Gasteiger partial charge is 0.274 e. The highest BCUT2D eigenvalue weighted by Crippen LogP contribution is 2.12. The first-order valence-corrected chi connectivity index (χ1v) is 7.33. The molecule has 0 aliphatic carbocycles. The second kappa shape index (κ2) is 4.86. The molecule has 2 heterocycles. The van der Waals surface area contributed by atoms with Crippen molar-refractivity contribution < 1.29 is 13.2 Å². The lowest BCUT2D eigenvalue weighted by molar-refractivity contribution is -0.118. The zero-order valence-corrected chi connectivity index (χ0v) is 11.0. The number of thiophene rings is 1. The van der Waals surface area contributed by atoms with Crippen molar-refractivity contribution >= 4 is 27.3 Å². The maximum Gasteiger partial charge on any atom is 0.264 e. The molecule has 0 bridgehead atoms. The predicted octanol–water partition coefficient (Wildman–Crippen LogP) is -0.0758. The number of nitrogens with one attached hydrogen (secondary N) is 1. The van der Waals surface area contributed by atoms with Crippen LogP contribution in [0.1, 0.15) is 5.69 Å². The Labute approximate surface area is 107 Å². The number of nitrogens with zero attached hydrogens (tertiary/aromatic N) is 3. The number of sulfonamides is 1. The summed E-state index contributed by atoms with van der Waals surface area (Å²) in [4.78, 5) is 11.7. The fourth-order valence-electron chi connectivity index (χ4n) is 1.29. The van der Waals surface area contributed by atoms with Crippen molar-refractivity contribution in [3.8, 4) is 0 Å². The molecule has 96 valence electrons. The Hall–Kier alpha value is -1.74. The molecule has 0 aliphatic heterocycles. The van der Waals surface area contributed by atoms with E-state index in [1.165, 1.54) is 33.7 Å². The lowest BCUT2D eigenvalue weighted by Gasteiger charge is -2.04. The third-order valence-corrected chi connectivity index (χ3v) is 4.41. The zero-order chi connectivity index (χ0) is 13.2. The van der Waals surface area contributed by atoms with Gasteiger partial charge in [-0.1, -0.05) is 5.21 Å². The van der Waals surface area contributed by atoms with Gasteiger partial charge in [0.05, 0.1) is 23.2 Å². The molecule has 2 aromatic rings. The summed E-state index contributed by atoms with van der Waals surface area (Å²) in [6, 6.07) is 1.44. The summed E-state index contributed by atoms with van der Waals surface area (Å²) in [7, 11) is -2.14. The van der Waals surface area contributed by atoms with E-state index >= 15 is 0 Å². The average Bonchev–Trinajstić information content (AvgIpc) is 2.90. The van der Waals surface area contributed by atoms with Crippen LogP contribution in [0.5, 0.6) is 0 Å². The van der Waals surface area contributed by atoms with Crippen molar-refractivity contribution in [1.29, 1.82) is 0 Å². The molecule has 0 aromatic carbocycles. The number of hydrogen-bond acceptors (Lipinski definition) is 6. The van der Waals surface area contributed by atoms with E-state index < -0.39 is 15.9 Å². The molecule has 0 aliphatic rings. The van der Waals surface area contributed by atoms with Crippen LogP contribution in [0.4, 0.5) is 0 Å². The van der Waals surface area contributed by atoms with Gasteiger partial charge in [0, 0.05) is 12.4 Å². The van der Waals surface area contributed by atoms with E-state index in [4.69, 9.17) is 0 Å². The Balaban J connectivity index is 2.07. The van der Waals surface area contributed by atoms with Crippen LogP contribution in [0.2, 0.25) is 0 Å². The third-order valence-electron chi connectivity index (χ3n) is 2.20. The molecule has 2 aromatic heterocycles. The van der Waals surface area contributed by atoms with Gasteiger partial charge < -0.3 is 0 Å². The Morgan fingerprint density at radius 1 is 1.56 bits per heavy atom. The lowest BCUT2D eigenvalue weighted by atomic mass is 10.3. The van der Waals surface area contributed by atoms with Crippen LogP contribution >= 0.6 is 11.3 Å². The van der Waals surface area contributed by atoms with Crippen LogP contribution in [-0.2, 0) is 28.3 Å². The average molecular weight is 286 g/mol. The molecular formula is C9H10N4O3S2. The van der Waals surface area contributed by atoms with Gasteiger partial charge in [-0.2, -0.15) is 11.3 Å². The molecule has 7 nitrogen and oxygen atoms in total. The van der Waals surface area contributed by atoms with Crippen molar-refractivity contribution in [2.75, 3.05) is 0 Å². The second-order valence-electron chi connectivity index (χ2n) is 3.51. The summed E-state index contributed by atoms with van der Waals surface area (Å²) in [5.74, 6) is -0.619. The molecule has 1 N–H and O–H groups in total. The van der Waals surface area contributed by atoms with Gasteiger partial charge >= 0.3 is 0 Å². The first kappa shape index (κ1) is 12.7. The molecule has 0 saturated heterocycles. The normalized spacial score (nSPS) is 11.4. The number of carbonyl (C=O) groups excluding carboxylic acids is 1. The number of carbonyl (C=O) groups is 1. The maximum absolute atomic E-state index is 11.8. The zero-order valence-electron chi connectivity index (χ0n) is 9.40. The first-order chi connectivity index (χ1) is 8.49. The quantitative estimate of drug-likeness (QED) is 0.848. The predicted molar refractivity (Wildman–Crippen MR) is 64.4 cm³/mol. The van der Waals surface area contributed by atoms with E-state index in [-0.39, 0.29) is 11.3 Å². The molecule has 0 atom stereocenters. The van der Waals surface area contributed by atoms with Gasteiger partial charge in [-0.3, -0.25) is 9.48 Å². The molecule has 0 saturated carbocycles. The fraction of sp³-hybridized carbons (Fsp3) is 0.222. The second-order valence-corrected chi connectivity index (χ2v) is 5.98. The number of aromatic nitrogens is 3. The molecule has 2 rings (SSSR count). The first-order valence-electron chi connectivity index (χ1n) is 4.90. The lowest BCUT2D eigenvalue weighted by Crippen LogP contribution is -2.32. The van der Waals surface area contributed by atoms with Gasteiger partial charge in [0.15, 0.2) is 0 Å². The van der Waals surface area contributed by atoms with Crippen molar-refractivity contribution in [1.82, 2.24) is 19.7 Å². The van der Waals surface area contributed by atoms with Crippen molar-refractivity contribution in [2.45, 2.75) is 11.3 Å². The minimum Gasteiger partial charge on any atom is -0.274 e. The molecule has 1 amide bonds. The minimum atomic E-state index is -3.77. The van der Waals surface area contributed by atoms with Gasteiger partial charge in [0.25, 0.3) is 10.0 Å². The Morgan fingerprint density at radius 2 is 2.33 bits per heavy atom. The molecule has 18 heavy (non-hydrogen) atoms. The molecule has 0 radical (unpaired) electrons. The van der Waals surface area contributed by atoms with E-state index in [2.05, 4.69) is 10.3 Å². The standard InChI is InChI=1S/C9H10N4O3S2/c1-13-7(5-10-12-13)4-9(14)11-18(15,16)8-2-3-17-6-8/h2-3,5-6H,4H2,1H3,(H,11,14). The Kier molecular flexibility index (Phi) is 3.43. The summed E-state index contributed by atoms with van der Waals surface area (Å²) in [5, 5.41) is 10.3. The maximum atomic E-state index is 11.8. The summed E-state index contributed by atoms with van der Waals surface area (Å²) < 4.78 is 26.9. The molecule has 0 fully saturated rings. The molecular weight excluding hydrogens is 276 g/mol. The SMILES string of the molecule is Cn1nncc1CC(=O)NS(=O)(=O)c1ccsc1. The highest BCUT2D eigenvalue weighted by Gasteiger charge is 2.18. The molecule has 9 heteroatoms. The third kappa shape index (κ3) is 2.74. The van der Waals surface area contributed by atoms with Crippen LogP contribution in [0.3, 0.4) is 0 Å². The molecule has 0 spiro atoms. The monoisotopic (exact) mass is 286 g/mol. The number of amides is 1. The number of hydrogen-bond donors (Lipinski definition) is 1. The van der Waals surface area contributed by atoms with E-state index in [1.807, 2.05) is 4.72 Å². The smallest absolute Gasteiger partial charge is 0.264 e. The Morgan fingerprint density at radius 3 is 2.89 bits per heavy atom. The van der Waals surface area contributed by atoms with Gasteiger partial charge in [0.2, 0.25) is 5.91 Å². The van der Waals surface area contributed by atoms with Crippen LogP contribution in [0.15, 0.2) is 27.9 Å². The topological polar surface area (TPSA) is 93.9 Å². The van der Waals surface area contributed by atoms with E-state index in [0.29, 0.717) is 5.69 Å². The van der Waals surface area contributed by atoms with Gasteiger partial charge in [-0.15, -0.1) is 5.10 Å².